The second kappa shape index (κ2) is 5.88. The molecule has 0 radical (unpaired) electrons. The lowest BCUT2D eigenvalue weighted by atomic mass is 10.2. The van der Waals surface area contributed by atoms with Crippen molar-refractivity contribution >= 4 is 17.0 Å². The summed E-state index contributed by atoms with van der Waals surface area (Å²) in [5, 5.41) is 6.47. The predicted molar refractivity (Wildman–Crippen MR) is 82.8 cm³/mol. The number of hydrogen-bond acceptors (Lipinski definition) is 4. The highest BCUT2D eigenvalue weighted by atomic mass is 32.1. The van der Waals surface area contributed by atoms with Gasteiger partial charge in [0.05, 0.1) is 18.6 Å². The SMILES string of the molecule is CCn1cncc1CNc1ccc(-c2nccs2)cc1. The fourth-order valence-electron chi connectivity index (χ4n) is 2.07. The molecule has 3 rings (SSSR count). The van der Waals surface area contributed by atoms with Crippen LogP contribution in [-0.4, -0.2) is 14.5 Å². The lowest BCUT2D eigenvalue weighted by molar-refractivity contribution is 0.719. The van der Waals surface area contributed by atoms with Crippen molar-refractivity contribution in [3.63, 3.8) is 0 Å². The summed E-state index contributed by atoms with van der Waals surface area (Å²) >= 11 is 1.66. The van der Waals surface area contributed by atoms with Crippen molar-refractivity contribution in [2.45, 2.75) is 20.0 Å². The van der Waals surface area contributed by atoms with Crippen LogP contribution in [0.2, 0.25) is 0 Å². The Labute approximate surface area is 122 Å². The molecule has 0 saturated carbocycles. The van der Waals surface area contributed by atoms with E-state index in [0.717, 1.165) is 29.3 Å². The average Bonchev–Trinajstić information content (AvgIpc) is 3.16. The van der Waals surface area contributed by atoms with Gasteiger partial charge < -0.3 is 9.88 Å². The molecule has 5 heteroatoms. The number of imidazole rings is 1. The molecule has 1 aromatic carbocycles. The quantitative estimate of drug-likeness (QED) is 0.778. The Kier molecular flexibility index (Phi) is 3.78. The van der Waals surface area contributed by atoms with E-state index in [1.165, 1.54) is 5.69 Å². The second-order valence-corrected chi connectivity index (χ2v) is 5.33. The van der Waals surface area contributed by atoms with Crippen molar-refractivity contribution in [3.05, 3.63) is 54.1 Å². The van der Waals surface area contributed by atoms with Gasteiger partial charge in [-0.25, -0.2) is 9.97 Å². The number of benzene rings is 1. The molecule has 2 aromatic heterocycles. The standard InChI is InChI=1S/C15H16N4S/c1-2-19-11-16-9-14(19)10-18-13-5-3-12(4-6-13)15-17-7-8-20-15/h3-9,11,18H,2,10H2,1H3. The van der Waals surface area contributed by atoms with Gasteiger partial charge in [0.2, 0.25) is 0 Å². The monoisotopic (exact) mass is 284 g/mol. The first-order chi connectivity index (χ1) is 9.86. The Morgan fingerprint density at radius 2 is 2.10 bits per heavy atom. The highest BCUT2D eigenvalue weighted by Gasteiger charge is 2.02. The first-order valence-electron chi connectivity index (χ1n) is 6.59. The summed E-state index contributed by atoms with van der Waals surface area (Å²) in [5.74, 6) is 0. The first kappa shape index (κ1) is 12.9. The summed E-state index contributed by atoms with van der Waals surface area (Å²) in [6, 6.07) is 8.36. The van der Waals surface area contributed by atoms with Gasteiger partial charge in [0.1, 0.15) is 5.01 Å². The Hall–Kier alpha value is -2.14. The zero-order valence-corrected chi connectivity index (χ0v) is 12.1. The van der Waals surface area contributed by atoms with Crippen LogP contribution in [0, 0.1) is 0 Å². The maximum absolute atomic E-state index is 4.31. The van der Waals surface area contributed by atoms with Gasteiger partial charge >= 0.3 is 0 Å². The minimum Gasteiger partial charge on any atom is -0.379 e. The number of nitrogens with one attached hydrogen (secondary N) is 1. The van der Waals surface area contributed by atoms with Crippen molar-refractivity contribution < 1.29 is 0 Å². The minimum absolute atomic E-state index is 0.782. The Bertz CT molecular complexity index is 656. The molecule has 0 aliphatic carbocycles. The van der Waals surface area contributed by atoms with E-state index in [0.29, 0.717) is 0 Å². The molecule has 3 aromatic rings. The summed E-state index contributed by atoms with van der Waals surface area (Å²) < 4.78 is 2.14. The maximum atomic E-state index is 4.31. The number of aryl methyl sites for hydroxylation is 1. The molecule has 0 aliphatic heterocycles. The predicted octanol–water partition coefficient (Wildman–Crippen LogP) is 3.64. The van der Waals surface area contributed by atoms with Gasteiger partial charge in [-0.15, -0.1) is 11.3 Å². The van der Waals surface area contributed by atoms with Crippen molar-refractivity contribution in [1.29, 1.82) is 0 Å². The van der Waals surface area contributed by atoms with Crippen LogP contribution in [0.3, 0.4) is 0 Å². The van der Waals surface area contributed by atoms with E-state index in [9.17, 15) is 0 Å². The largest absolute Gasteiger partial charge is 0.379 e. The number of nitrogens with zero attached hydrogens (tertiary/aromatic N) is 3. The smallest absolute Gasteiger partial charge is 0.123 e. The molecular formula is C15H16N4S. The van der Waals surface area contributed by atoms with Gasteiger partial charge in [-0.3, -0.25) is 0 Å². The molecule has 102 valence electrons. The molecule has 0 unspecified atom stereocenters. The van der Waals surface area contributed by atoms with Crippen LogP contribution in [0.4, 0.5) is 5.69 Å². The summed E-state index contributed by atoms with van der Waals surface area (Å²) in [7, 11) is 0. The van der Waals surface area contributed by atoms with Gasteiger partial charge in [-0.05, 0) is 31.2 Å². The Balaban J connectivity index is 1.67. The summed E-state index contributed by atoms with van der Waals surface area (Å²) in [6.07, 6.45) is 5.60. The highest BCUT2D eigenvalue weighted by Crippen LogP contribution is 2.23. The van der Waals surface area contributed by atoms with E-state index in [1.807, 2.05) is 24.1 Å². The van der Waals surface area contributed by atoms with Crippen LogP contribution >= 0.6 is 11.3 Å². The molecule has 0 saturated heterocycles. The van der Waals surface area contributed by atoms with Crippen LogP contribution in [0.15, 0.2) is 48.4 Å². The Morgan fingerprint density at radius 1 is 1.25 bits per heavy atom. The molecule has 0 bridgehead atoms. The van der Waals surface area contributed by atoms with E-state index in [4.69, 9.17) is 0 Å². The van der Waals surface area contributed by atoms with Gasteiger partial charge in [0.25, 0.3) is 0 Å². The normalized spacial score (nSPS) is 10.7. The number of anilines is 1. The summed E-state index contributed by atoms with van der Waals surface area (Å²) in [4.78, 5) is 8.48. The minimum atomic E-state index is 0.782. The molecule has 0 spiro atoms. The van der Waals surface area contributed by atoms with Crippen LogP contribution in [0.1, 0.15) is 12.6 Å². The lowest BCUT2D eigenvalue weighted by Crippen LogP contribution is -2.05. The molecule has 0 atom stereocenters. The molecule has 0 fully saturated rings. The van der Waals surface area contributed by atoms with E-state index in [2.05, 4.69) is 51.0 Å². The summed E-state index contributed by atoms with van der Waals surface area (Å²) in [6.45, 7) is 3.85. The van der Waals surface area contributed by atoms with Crippen LogP contribution in [-0.2, 0) is 13.1 Å². The zero-order valence-electron chi connectivity index (χ0n) is 11.3. The number of hydrogen-bond donors (Lipinski definition) is 1. The fraction of sp³-hybridized carbons (Fsp3) is 0.200. The molecule has 0 amide bonds. The van der Waals surface area contributed by atoms with Crippen molar-refractivity contribution in [2.24, 2.45) is 0 Å². The second-order valence-electron chi connectivity index (χ2n) is 4.44. The van der Waals surface area contributed by atoms with E-state index >= 15 is 0 Å². The van der Waals surface area contributed by atoms with Crippen molar-refractivity contribution in [1.82, 2.24) is 14.5 Å². The number of aromatic nitrogens is 3. The summed E-state index contributed by atoms with van der Waals surface area (Å²) in [5.41, 5.74) is 3.45. The van der Waals surface area contributed by atoms with Crippen LogP contribution < -0.4 is 5.32 Å². The third-order valence-corrected chi connectivity index (χ3v) is 4.00. The first-order valence-corrected chi connectivity index (χ1v) is 7.47. The van der Waals surface area contributed by atoms with Crippen molar-refractivity contribution in [2.75, 3.05) is 5.32 Å². The van der Waals surface area contributed by atoms with Crippen LogP contribution in [0.25, 0.3) is 10.6 Å². The highest BCUT2D eigenvalue weighted by molar-refractivity contribution is 7.13. The van der Waals surface area contributed by atoms with E-state index < -0.39 is 0 Å². The molecule has 1 N–H and O–H groups in total. The Morgan fingerprint density at radius 3 is 2.80 bits per heavy atom. The van der Waals surface area contributed by atoms with Gasteiger partial charge in [0.15, 0.2) is 0 Å². The fourth-order valence-corrected chi connectivity index (χ4v) is 2.71. The number of thiazole rings is 1. The van der Waals surface area contributed by atoms with Crippen LogP contribution in [0.5, 0.6) is 0 Å². The third kappa shape index (κ3) is 2.72. The van der Waals surface area contributed by atoms with Crippen molar-refractivity contribution in [3.8, 4) is 10.6 Å². The van der Waals surface area contributed by atoms with E-state index in [-0.39, 0.29) is 0 Å². The molecule has 20 heavy (non-hydrogen) atoms. The van der Waals surface area contributed by atoms with Gasteiger partial charge in [-0.1, -0.05) is 0 Å². The van der Waals surface area contributed by atoms with Gasteiger partial charge in [-0.2, -0.15) is 0 Å². The molecule has 4 nitrogen and oxygen atoms in total. The average molecular weight is 284 g/mol. The maximum Gasteiger partial charge on any atom is 0.123 e. The third-order valence-electron chi connectivity index (χ3n) is 3.18. The molecular weight excluding hydrogens is 268 g/mol. The van der Waals surface area contributed by atoms with Gasteiger partial charge in [0, 0.05) is 35.6 Å². The molecule has 0 aliphatic rings. The topological polar surface area (TPSA) is 42.7 Å². The molecule has 2 heterocycles. The number of rotatable bonds is 5. The van der Waals surface area contributed by atoms with E-state index in [1.54, 1.807) is 11.3 Å². The zero-order chi connectivity index (χ0) is 13.8. The lowest BCUT2D eigenvalue weighted by Gasteiger charge is -2.08.